The van der Waals surface area contributed by atoms with Gasteiger partial charge in [0.2, 0.25) is 11.8 Å². The lowest BCUT2D eigenvalue weighted by atomic mass is 10.1. The van der Waals surface area contributed by atoms with Gasteiger partial charge in [-0.25, -0.2) is 8.42 Å². The van der Waals surface area contributed by atoms with Crippen molar-refractivity contribution >= 4 is 27.5 Å². The van der Waals surface area contributed by atoms with Gasteiger partial charge in [-0.3, -0.25) is 13.9 Å². The van der Waals surface area contributed by atoms with Gasteiger partial charge < -0.3 is 19.7 Å². The molecule has 9 nitrogen and oxygen atoms in total. The predicted molar refractivity (Wildman–Crippen MR) is 169 cm³/mol. The van der Waals surface area contributed by atoms with Gasteiger partial charge in [0.25, 0.3) is 10.0 Å². The van der Waals surface area contributed by atoms with Gasteiger partial charge in [0, 0.05) is 18.2 Å². The first-order valence-corrected chi connectivity index (χ1v) is 15.6. The number of amides is 2. The van der Waals surface area contributed by atoms with Crippen LogP contribution in [0.4, 0.5) is 5.69 Å². The summed E-state index contributed by atoms with van der Waals surface area (Å²) in [5.74, 6) is -0.204. The number of nitrogens with one attached hydrogen (secondary N) is 1. The number of benzene rings is 3. The molecule has 0 aliphatic carbocycles. The van der Waals surface area contributed by atoms with Gasteiger partial charge in [-0.05, 0) is 70.9 Å². The number of hydrogen-bond donors (Lipinski definition) is 1. The molecule has 0 saturated heterocycles. The molecular formula is C33H43N3O6S. The van der Waals surface area contributed by atoms with E-state index in [4.69, 9.17) is 9.47 Å². The molecule has 0 heterocycles. The summed E-state index contributed by atoms with van der Waals surface area (Å²) in [6.07, 6.45) is 0.340. The number of methoxy groups -OCH3 is 2. The van der Waals surface area contributed by atoms with Crippen LogP contribution in [0.3, 0.4) is 0 Å². The zero-order valence-corrected chi connectivity index (χ0v) is 27.1. The van der Waals surface area contributed by atoms with Crippen molar-refractivity contribution in [1.82, 2.24) is 10.2 Å². The number of ether oxygens (including phenoxy) is 2. The Hall–Kier alpha value is -4.05. The van der Waals surface area contributed by atoms with Gasteiger partial charge in [-0.2, -0.15) is 0 Å². The molecule has 1 atom stereocenters. The SMILES string of the molecule is CCC(C(=O)NC(C)(C)C)N(Cc1ccc(C)cc1)C(=O)CN(c1ccc(C)cc1)S(=O)(=O)c1ccc(OC)c(OC)c1. The van der Waals surface area contributed by atoms with Crippen LogP contribution < -0.4 is 19.1 Å². The molecule has 0 saturated carbocycles. The van der Waals surface area contributed by atoms with E-state index in [0.29, 0.717) is 17.9 Å². The maximum atomic E-state index is 14.2. The number of anilines is 1. The van der Waals surface area contributed by atoms with Crippen molar-refractivity contribution in [3.63, 3.8) is 0 Å². The topological polar surface area (TPSA) is 105 Å². The summed E-state index contributed by atoms with van der Waals surface area (Å²) < 4.78 is 40.1. The van der Waals surface area contributed by atoms with E-state index in [0.717, 1.165) is 21.0 Å². The Kier molecular flexibility index (Phi) is 10.9. The van der Waals surface area contributed by atoms with Gasteiger partial charge in [0.15, 0.2) is 11.5 Å². The lowest BCUT2D eigenvalue weighted by Gasteiger charge is -2.34. The van der Waals surface area contributed by atoms with E-state index < -0.39 is 34.1 Å². The largest absolute Gasteiger partial charge is 0.493 e. The number of carbonyl (C=O) groups is 2. The molecule has 0 bridgehead atoms. The molecule has 3 rings (SSSR count). The molecule has 3 aromatic carbocycles. The van der Waals surface area contributed by atoms with Crippen molar-refractivity contribution in [2.75, 3.05) is 25.1 Å². The minimum atomic E-state index is -4.26. The minimum absolute atomic E-state index is 0.0684. The van der Waals surface area contributed by atoms with Crippen LogP contribution in [0.2, 0.25) is 0 Å². The van der Waals surface area contributed by atoms with Crippen LogP contribution in [0.25, 0.3) is 0 Å². The summed E-state index contributed by atoms with van der Waals surface area (Å²) >= 11 is 0. The van der Waals surface area contributed by atoms with E-state index in [2.05, 4.69) is 5.32 Å². The fraction of sp³-hybridized carbons (Fsp3) is 0.394. The highest BCUT2D eigenvalue weighted by molar-refractivity contribution is 7.92. The summed E-state index contributed by atoms with van der Waals surface area (Å²) in [6.45, 7) is 10.9. The number of rotatable bonds is 12. The van der Waals surface area contributed by atoms with Crippen molar-refractivity contribution in [2.45, 2.75) is 71.0 Å². The quantitative estimate of drug-likeness (QED) is 0.301. The van der Waals surface area contributed by atoms with Crippen LogP contribution >= 0.6 is 0 Å². The molecule has 3 aromatic rings. The van der Waals surface area contributed by atoms with Crippen molar-refractivity contribution in [2.24, 2.45) is 0 Å². The summed E-state index contributed by atoms with van der Waals surface area (Å²) in [7, 11) is -1.38. The van der Waals surface area contributed by atoms with Crippen molar-refractivity contribution in [3.05, 3.63) is 83.4 Å². The molecule has 0 aliphatic rings. The Bertz CT molecular complexity index is 1510. The van der Waals surface area contributed by atoms with Crippen LogP contribution in [0.15, 0.2) is 71.6 Å². The summed E-state index contributed by atoms with van der Waals surface area (Å²) in [6, 6.07) is 18.1. The maximum Gasteiger partial charge on any atom is 0.264 e. The smallest absolute Gasteiger partial charge is 0.264 e. The Morgan fingerprint density at radius 3 is 1.93 bits per heavy atom. The summed E-state index contributed by atoms with van der Waals surface area (Å²) in [5, 5.41) is 2.98. The van der Waals surface area contributed by atoms with Gasteiger partial charge in [-0.15, -0.1) is 0 Å². The zero-order chi connectivity index (χ0) is 31.9. The first kappa shape index (κ1) is 33.5. The monoisotopic (exact) mass is 609 g/mol. The second kappa shape index (κ2) is 13.9. The molecule has 0 fully saturated rings. The average molecular weight is 610 g/mol. The van der Waals surface area contributed by atoms with Crippen molar-refractivity contribution < 1.29 is 27.5 Å². The molecule has 0 radical (unpaired) electrons. The summed E-state index contributed by atoms with van der Waals surface area (Å²) in [5.41, 5.74) is 2.62. The van der Waals surface area contributed by atoms with Crippen LogP contribution in [-0.4, -0.2) is 57.5 Å². The Balaban J connectivity index is 2.10. The molecule has 2 amide bonds. The lowest BCUT2D eigenvalue weighted by Crippen LogP contribution is -2.55. The third-order valence-electron chi connectivity index (χ3n) is 6.90. The molecule has 1 unspecified atom stereocenters. The van der Waals surface area contributed by atoms with Gasteiger partial charge >= 0.3 is 0 Å². The highest BCUT2D eigenvalue weighted by Gasteiger charge is 2.35. The molecule has 232 valence electrons. The number of hydrogen-bond acceptors (Lipinski definition) is 6. The van der Waals surface area contributed by atoms with Gasteiger partial charge in [0.05, 0.1) is 24.8 Å². The predicted octanol–water partition coefficient (Wildman–Crippen LogP) is 5.24. The number of sulfonamides is 1. The molecule has 0 aliphatic heterocycles. The number of carbonyl (C=O) groups excluding carboxylic acids is 2. The van der Waals surface area contributed by atoms with E-state index in [-0.39, 0.29) is 23.1 Å². The third kappa shape index (κ3) is 8.50. The van der Waals surface area contributed by atoms with Crippen LogP contribution in [0.1, 0.15) is 50.8 Å². The fourth-order valence-electron chi connectivity index (χ4n) is 4.61. The molecule has 0 spiro atoms. The first-order valence-electron chi connectivity index (χ1n) is 14.2. The van der Waals surface area contributed by atoms with E-state index in [1.807, 2.05) is 65.8 Å². The van der Waals surface area contributed by atoms with Crippen LogP contribution in [0.5, 0.6) is 11.5 Å². The Morgan fingerprint density at radius 2 is 1.42 bits per heavy atom. The fourth-order valence-corrected chi connectivity index (χ4v) is 6.04. The maximum absolute atomic E-state index is 14.2. The first-order chi connectivity index (χ1) is 20.2. The minimum Gasteiger partial charge on any atom is -0.493 e. The molecule has 0 aromatic heterocycles. The van der Waals surface area contributed by atoms with E-state index >= 15 is 0 Å². The second-order valence-corrected chi connectivity index (χ2v) is 13.4. The number of aryl methyl sites for hydroxylation is 2. The normalized spacial score (nSPS) is 12.3. The molecule has 10 heteroatoms. The summed E-state index contributed by atoms with van der Waals surface area (Å²) in [4.78, 5) is 29.1. The van der Waals surface area contributed by atoms with Gasteiger partial charge in [0.1, 0.15) is 12.6 Å². The van der Waals surface area contributed by atoms with Gasteiger partial charge in [-0.1, -0.05) is 54.4 Å². The van der Waals surface area contributed by atoms with Crippen LogP contribution in [0, 0.1) is 13.8 Å². The van der Waals surface area contributed by atoms with E-state index in [9.17, 15) is 18.0 Å². The lowest BCUT2D eigenvalue weighted by molar-refractivity contribution is -0.141. The highest BCUT2D eigenvalue weighted by atomic mass is 32.2. The van der Waals surface area contributed by atoms with E-state index in [1.165, 1.54) is 37.3 Å². The van der Waals surface area contributed by atoms with Crippen molar-refractivity contribution in [1.29, 1.82) is 0 Å². The average Bonchev–Trinajstić information content (AvgIpc) is 2.95. The molecular weight excluding hydrogens is 566 g/mol. The van der Waals surface area contributed by atoms with Crippen LogP contribution in [-0.2, 0) is 26.2 Å². The Labute approximate surface area is 255 Å². The third-order valence-corrected chi connectivity index (χ3v) is 8.67. The van der Waals surface area contributed by atoms with Crippen molar-refractivity contribution in [3.8, 4) is 11.5 Å². The molecule has 1 N–H and O–H groups in total. The second-order valence-electron chi connectivity index (χ2n) is 11.5. The molecule has 43 heavy (non-hydrogen) atoms. The van der Waals surface area contributed by atoms with E-state index in [1.54, 1.807) is 24.3 Å². The number of nitrogens with zero attached hydrogens (tertiary/aromatic N) is 2. The standard InChI is InChI=1S/C33H43N3O6S/c1-9-28(32(38)34-33(4,5)6)35(21-25-14-10-23(2)11-15-25)31(37)22-36(26-16-12-24(3)13-17-26)43(39,40)27-18-19-29(41-7)30(20-27)42-8/h10-20,28H,9,21-22H2,1-8H3,(H,34,38). The highest BCUT2D eigenvalue weighted by Crippen LogP contribution is 2.32. The zero-order valence-electron chi connectivity index (χ0n) is 26.3. The Morgan fingerprint density at radius 1 is 0.860 bits per heavy atom.